The van der Waals surface area contributed by atoms with Gasteiger partial charge in [-0.25, -0.2) is 4.39 Å². The smallest absolute Gasteiger partial charge is 0.287 e. The van der Waals surface area contributed by atoms with Crippen LogP contribution in [-0.2, 0) is 4.79 Å². The molecular weight excluding hydrogens is 363 g/mol. The third kappa shape index (κ3) is 5.16. The summed E-state index contributed by atoms with van der Waals surface area (Å²) in [5, 5.41) is 5.54. The van der Waals surface area contributed by atoms with E-state index >= 15 is 0 Å². The molecule has 0 aliphatic rings. The summed E-state index contributed by atoms with van der Waals surface area (Å²) in [6, 6.07) is 22.5. The molecule has 138 valence electrons. The second kappa shape index (κ2) is 8.80. The second-order valence-corrected chi connectivity index (χ2v) is 6.86. The Labute approximate surface area is 163 Å². The van der Waals surface area contributed by atoms with Crippen molar-refractivity contribution in [2.75, 3.05) is 5.32 Å². The van der Waals surface area contributed by atoms with Crippen molar-refractivity contribution in [1.29, 1.82) is 0 Å². The number of anilines is 1. The predicted molar refractivity (Wildman–Crippen MR) is 106 cm³/mol. The third-order valence-corrected chi connectivity index (χ3v) is 4.64. The lowest BCUT2D eigenvalue weighted by atomic mass is 10.0. The zero-order chi connectivity index (χ0) is 19.2. The van der Waals surface area contributed by atoms with Crippen LogP contribution in [0.15, 0.2) is 78.9 Å². The lowest BCUT2D eigenvalue weighted by Gasteiger charge is -2.20. The predicted octanol–water partition coefficient (Wildman–Crippen LogP) is 4.48. The molecule has 0 spiro atoms. The first kappa shape index (κ1) is 19.1. The van der Waals surface area contributed by atoms with Crippen molar-refractivity contribution in [1.82, 2.24) is 0 Å². The Hall–Kier alpha value is -2.69. The molecule has 0 saturated carbocycles. The van der Waals surface area contributed by atoms with Crippen LogP contribution in [0.3, 0.4) is 0 Å². The topological polar surface area (TPSA) is 45.7 Å². The van der Waals surface area contributed by atoms with Crippen molar-refractivity contribution in [3.63, 3.8) is 0 Å². The van der Waals surface area contributed by atoms with Gasteiger partial charge in [0, 0.05) is 21.8 Å². The molecule has 3 aromatic rings. The number of hydrogen-bond donors (Lipinski definition) is 2. The summed E-state index contributed by atoms with van der Waals surface area (Å²) in [6.07, 6.45) is 0. The van der Waals surface area contributed by atoms with Crippen molar-refractivity contribution < 1.29 is 14.5 Å². The van der Waals surface area contributed by atoms with Crippen LogP contribution in [0.1, 0.15) is 30.1 Å². The average molecular weight is 384 g/mol. The number of carbonyl (C=O) groups is 1. The maximum absolute atomic E-state index is 13.1. The molecule has 3 aromatic carbocycles. The van der Waals surface area contributed by atoms with Gasteiger partial charge in [-0.3, -0.25) is 4.79 Å². The van der Waals surface area contributed by atoms with E-state index in [9.17, 15) is 9.18 Å². The maximum atomic E-state index is 13.1. The molecule has 3 nitrogen and oxygen atoms in total. The molecule has 0 heterocycles. The number of rotatable bonds is 6. The number of halogens is 2. The maximum Gasteiger partial charge on any atom is 0.287 e. The van der Waals surface area contributed by atoms with Gasteiger partial charge in [-0.2, -0.15) is 0 Å². The summed E-state index contributed by atoms with van der Waals surface area (Å²) in [5.41, 5.74) is 2.50. The van der Waals surface area contributed by atoms with Crippen LogP contribution < -0.4 is 10.6 Å². The van der Waals surface area contributed by atoms with Crippen LogP contribution >= 0.6 is 11.6 Å². The number of amides is 1. The fourth-order valence-corrected chi connectivity index (χ4v) is 3.15. The first-order chi connectivity index (χ1) is 13.0. The van der Waals surface area contributed by atoms with Crippen LogP contribution in [0.4, 0.5) is 10.1 Å². The highest BCUT2D eigenvalue weighted by molar-refractivity contribution is 6.30. The Morgan fingerprint density at radius 2 is 1.63 bits per heavy atom. The van der Waals surface area contributed by atoms with Crippen molar-refractivity contribution in [2.24, 2.45) is 0 Å². The van der Waals surface area contributed by atoms with Crippen LogP contribution in [0.2, 0.25) is 5.02 Å². The van der Waals surface area contributed by atoms with E-state index in [1.165, 1.54) is 12.1 Å². The minimum Gasteiger partial charge on any atom is -0.326 e. The SMILES string of the molecule is C[C@H]([NH2+][C@H](C(=O)Nc1ccc(F)cc1)c1ccccc1)c1cccc(Cl)c1. The van der Waals surface area contributed by atoms with E-state index in [0.29, 0.717) is 10.7 Å². The molecule has 0 unspecified atom stereocenters. The molecule has 0 aliphatic heterocycles. The Kier molecular flexibility index (Phi) is 6.22. The Morgan fingerprint density at radius 1 is 0.963 bits per heavy atom. The molecule has 27 heavy (non-hydrogen) atoms. The summed E-state index contributed by atoms with van der Waals surface area (Å²) in [5.74, 6) is -0.504. The first-order valence-corrected chi connectivity index (χ1v) is 9.12. The number of nitrogens with two attached hydrogens (primary N) is 1. The number of quaternary nitrogens is 1. The minimum absolute atomic E-state index is 0.0212. The highest BCUT2D eigenvalue weighted by Crippen LogP contribution is 2.18. The van der Waals surface area contributed by atoms with E-state index in [0.717, 1.165) is 11.1 Å². The van der Waals surface area contributed by atoms with Gasteiger partial charge < -0.3 is 10.6 Å². The molecule has 5 heteroatoms. The Balaban J connectivity index is 1.82. The van der Waals surface area contributed by atoms with Crippen LogP contribution in [0.5, 0.6) is 0 Å². The number of benzene rings is 3. The summed E-state index contributed by atoms with van der Waals surface area (Å²) >= 11 is 6.10. The van der Waals surface area contributed by atoms with E-state index in [4.69, 9.17) is 11.6 Å². The normalized spacial score (nSPS) is 13.0. The molecule has 0 aromatic heterocycles. The molecule has 1 amide bonds. The van der Waals surface area contributed by atoms with Gasteiger partial charge in [0.15, 0.2) is 6.04 Å². The number of hydrogen-bond acceptors (Lipinski definition) is 1. The highest BCUT2D eigenvalue weighted by atomic mass is 35.5. The molecule has 3 N–H and O–H groups in total. The van der Waals surface area contributed by atoms with E-state index in [1.807, 2.05) is 66.8 Å². The second-order valence-electron chi connectivity index (χ2n) is 6.42. The fraction of sp³-hybridized carbons (Fsp3) is 0.136. The van der Waals surface area contributed by atoms with Gasteiger partial charge in [0.05, 0.1) is 0 Å². The van der Waals surface area contributed by atoms with Crippen LogP contribution in [0.25, 0.3) is 0 Å². The molecular formula is C22H21ClFN2O+. The van der Waals surface area contributed by atoms with Gasteiger partial charge in [0.2, 0.25) is 0 Å². The van der Waals surface area contributed by atoms with E-state index < -0.39 is 6.04 Å². The minimum atomic E-state index is -0.453. The van der Waals surface area contributed by atoms with Crippen LogP contribution in [0, 0.1) is 5.82 Å². The highest BCUT2D eigenvalue weighted by Gasteiger charge is 2.27. The third-order valence-electron chi connectivity index (χ3n) is 4.41. The Morgan fingerprint density at radius 3 is 2.30 bits per heavy atom. The van der Waals surface area contributed by atoms with Gasteiger partial charge in [-0.1, -0.05) is 54.1 Å². The molecule has 0 fully saturated rings. The van der Waals surface area contributed by atoms with Crippen molar-refractivity contribution >= 4 is 23.2 Å². The van der Waals surface area contributed by atoms with Crippen molar-refractivity contribution in [3.8, 4) is 0 Å². The lowest BCUT2D eigenvalue weighted by Crippen LogP contribution is -2.87. The summed E-state index contributed by atoms with van der Waals surface area (Å²) in [4.78, 5) is 13.0. The van der Waals surface area contributed by atoms with E-state index in [2.05, 4.69) is 5.32 Å². The molecule has 0 aliphatic carbocycles. The van der Waals surface area contributed by atoms with Crippen molar-refractivity contribution in [2.45, 2.75) is 19.0 Å². The molecule has 3 rings (SSSR count). The summed E-state index contributed by atoms with van der Waals surface area (Å²) < 4.78 is 13.1. The lowest BCUT2D eigenvalue weighted by molar-refractivity contribution is -0.718. The van der Waals surface area contributed by atoms with Gasteiger partial charge in [-0.15, -0.1) is 0 Å². The van der Waals surface area contributed by atoms with Gasteiger partial charge in [0.25, 0.3) is 5.91 Å². The van der Waals surface area contributed by atoms with Crippen LogP contribution in [-0.4, -0.2) is 5.91 Å². The van der Waals surface area contributed by atoms with Gasteiger partial charge >= 0.3 is 0 Å². The standard InChI is InChI=1S/C22H20ClFN2O/c1-15(17-8-5-9-18(23)14-17)25-21(16-6-3-2-4-7-16)22(27)26-20-12-10-19(24)11-13-20/h2-15,21,25H,1H3,(H,26,27)/p+1/t15-,21-/m0/s1. The van der Waals surface area contributed by atoms with Gasteiger partial charge in [-0.05, 0) is 43.3 Å². The summed E-state index contributed by atoms with van der Waals surface area (Å²) in [7, 11) is 0. The molecule has 0 bridgehead atoms. The van der Waals surface area contributed by atoms with Crippen molar-refractivity contribution in [3.05, 3.63) is 101 Å². The fourth-order valence-electron chi connectivity index (χ4n) is 2.95. The Bertz CT molecular complexity index is 900. The number of carbonyl (C=O) groups excluding carboxylic acids is 1. The zero-order valence-electron chi connectivity index (χ0n) is 14.9. The van der Waals surface area contributed by atoms with E-state index in [1.54, 1.807) is 12.1 Å². The summed E-state index contributed by atoms with van der Waals surface area (Å²) in [6.45, 7) is 2.03. The molecule has 0 radical (unpaired) electrons. The molecule has 2 atom stereocenters. The number of nitrogens with one attached hydrogen (secondary N) is 1. The van der Waals surface area contributed by atoms with E-state index in [-0.39, 0.29) is 17.8 Å². The quantitative estimate of drug-likeness (QED) is 0.647. The largest absolute Gasteiger partial charge is 0.326 e. The average Bonchev–Trinajstić information content (AvgIpc) is 2.68. The monoisotopic (exact) mass is 383 g/mol. The first-order valence-electron chi connectivity index (χ1n) is 8.75. The molecule has 0 saturated heterocycles. The zero-order valence-corrected chi connectivity index (χ0v) is 15.7. The van der Waals surface area contributed by atoms with Gasteiger partial charge in [0.1, 0.15) is 11.9 Å².